The molecule has 0 bridgehead atoms. The van der Waals surface area contributed by atoms with Crippen molar-refractivity contribution in [3.05, 3.63) is 29.8 Å². The second-order valence-electron chi connectivity index (χ2n) is 4.74. The van der Waals surface area contributed by atoms with E-state index in [9.17, 15) is 4.79 Å². The van der Waals surface area contributed by atoms with Crippen LogP contribution in [0.25, 0.3) is 0 Å². The lowest BCUT2D eigenvalue weighted by atomic mass is 10.2. The SMILES string of the molecule is CCCN(CC)C(C)C(=O)Nc1ccc(C(N)=S)cc1. The van der Waals surface area contributed by atoms with E-state index in [0.717, 1.165) is 30.8 Å². The molecule has 0 saturated heterocycles. The van der Waals surface area contributed by atoms with Gasteiger partial charge in [-0.25, -0.2) is 0 Å². The molecule has 1 rings (SSSR count). The second kappa shape index (κ2) is 7.97. The van der Waals surface area contributed by atoms with Gasteiger partial charge in [0.1, 0.15) is 4.99 Å². The molecule has 0 aliphatic carbocycles. The summed E-state index contributed by atoms with van der Waals surface area (Å²) in [7, 11) is 0. The van der Waals surface area contributed by atoms with E-state index in [4.69, 9.17) is 18.0 Å². The second-order valence-corrected chi connectivity index (χ2v) is 5.18. The minimum atomic E-state index is -0.143. The van der Waals surface area contributed by atoms with Crippen LogP contribution in [0.1, 0.15) is 32.8 Å². The van der Waals surface area contributed by atoms with Crippen LogP contribution in [0.4, 0.5) is 5.69 Å². The van der Waals surface area contributed by atoms with Crippen LogP contribution in [-0.4, -0.2) is 34.9 Å². The number of nitrogens with one attached hydrogen (secondary N) is 1. The first-order valence-corrected chi connectivity index (χ1v) is 7.35. The van der Waals surface area contributed by atoms with E-state index < -0.39 is 0 Å². The molecular weight excluding hydrogens is 270 g/mol. The van der Waals surface area contributed by atoms with Crippen molar-refractivity contribution in [3.63, 3.8) is 0 Å². The molecular formula is C15H23N3OS. The zero-order valence-corrected chi connectivity index (χ0v) is 13.2. The molecule has 1 atom stereocenters. The van der Waals surface area contributed by atoms with E-state index in [1.165, 1.54) is 0 Å². The molecule has 3 N–H and O–H groups in total. The molecule has 0 aliphatic rings. The van der Waals surface area contributed by atoms with Gasteiger partial charge in [0, 0.05) is 11.3 Å². The maximum Gasteiger partial charge on any atom is 0.241 e. The zero-order chi connectivity index (χ0) is 15.1. The fraction of sp³-hybridized carbons (Fsp3) is 0.467. The Hall–Kier alpha value is -1.46. The number of benzene rings is 1. The number of hydrogen-bond acceptors (Lipinski definition) is 3. The Kier molecular flexibility index (Phi) is 6.61. The minimum absolute atomic E-state index is 0.00313. The summed E-state index contributed by atoms with van der Waals surface area (Å²) in [5.41, 5.74) is 7.10. The van der Waals surface area contributed by atoms with Gasteiger partial charge in [-0.3, -0.25) is 9.69 Å². The predicted octanol–water partition coefficient (Wildman–Crippen LogP) is 2.38. The Bertz CT molecular complexity index is 459. The Morgan fingerprint density at radius 1 is 1.35 bits per heavy atom. The van der Waals surface area contributed by atoms with Crippen LogP contribution < -0.4 is 11.1 Å². The summed E-state index contributed by atoms with van der Waals surface area (Å²) in [6, 6.07) is 7.11. The lowest BCUT2D eigenvalue weighted by molar-refractivity contribution is -0.120. The first kappa shape index (κ1) is 16.6. The average Bonchev–Trinajstić information content (AvgIpc) is 2.44. The van der Waals surface area contributed by atoms with Gasteiger partial charge in [-0.1, -0.05) is 26.1 Å². The van der Waals surface area contributed by atoms with Gasteiger partial charge in [-0.05, 0) is 50.7 Å². The number of hydrogen-bond donors (Lipinski definition) is 2. The maximum atomic E-state index is 12.2. The number of likely N-dealkylation sites (N-methyl/N-ethyl adjacent to an activating group) is 1. The van der Waals surface area contributed by atoms with Crippen LogP contribution in [-0.2, 0) is 4.79 Å². The van der Waals surface area contributed by atoms with Crippen LogP contribution in [0.3, 0.4) is 0 Å². The highest BCUT2D eigenvalue weighted by Gasteiger charge is 2.19. The van der Waals surface area contributed by atoms with Crippen LogP contribution in [0.2, 0.25) is 0 Å². The van der Waals surface area contributed by atoms with E-state index in [-0.39, 0.29) is 11.9 Å². The van der Waals surface area contributed by atoms with Crippen LogP contribution >= 0.6 is 12.2 Å². The summed E-state index contributed by atoms with van der Waals surface area (Å²) in [5.74, 6) is 0.00313. The molecule has 0 fully saturated rings. The van der Waals surface area contributed by atoms with Crippen molar-refractivity contribution in [1.82, 2.24) is 4.90 Å². The number of carbonyl (C=O) groups excluding carboxylic acids is 1. The van der Waals surface area contributed by atoms with E-state index in [2.05, 4.69) is 24.1 Å². The van der Waals surface area contributed by atoms with Gasteiger partial charge in [0.2, 0.25) is 5.91 Å². The number of carbonyl (C=O) groups is 1. The fourth-order valence-corrected chi connectivity index (χ4v) is 2.18. The van der Waals surface area contributed by atoms with E-state index in [1.807, 2.05) is 31.2 Å². The summed E-state index contributed by atoms with van der Waals surface area (Å²) < 4.78 is 0. The molecule has 4 nitrogen and oxygen atoms in total. The highest BCUT2D eigenvalue weighted by molar-refractivity contribution is 7.80. The zero-order valence-electron chi connectivity index (χ0n) is 12.3. The van der Waals surface area contributed by atoms with E-state index in [1.54, 1.807) is 0 Å². The molecule has 1 unspecified atom stereocenters. The normalized spacial score (nSPS) is 12.2. The lowest BCUT2D eigenvalue weighted by Gasteiger charge is -2.26. The first-order chi connectivity index (χ1) is 9.49. The molecule has 1 aromatic rings. The van der Waals surface area contributed by atoms with Gasteiger partial charge in [-0.15, -0.1) is 0 Å². The Labute approximate surface area is 126 Å². The molecule has 0 saturated carbocycles. The highest BCUT2D eigenvalue weighted by Crippen LogP contribution is 2.11. The smallest absolute Gasteiger partial charge is 0.241 e. The topological polar surface area (TPSA) is 58.4 Å². The summed E-state index contributed by atoms with van der Waals surface area (Å²) in [6.45, 7) is 7.89. The van der Waals surface area contributed by atoms with Crippen molar-refractivity contribution >= 4 is 28.8 Å². The Balaban J connectivity index is 2.67. The van der Waals surface area contributed by atoms with Gasteiger partial charge >= 0.3 is 0 Å². The average molecular weight is 293 g/mol. The first-order valence-electron chi connectivity index (χ1n) is 6.94. The number of amides is 1. The quantitative estimate of drug-likeness (QED) is 0.758. The highest BCUT2D eigenvalue weighted by atomic mass is 32.1. The van der Waals surface area contributed by atoms with Gasteiger partial charge in [0.05, 0.1) is 6.04 Å². The third-order valence-electron chi connectivity index (χ3n) is 3.28. The van der Waals surface area contributed by atoms with Crippen molar-refractivity contribution < 1.29 is 4.79 Å². The molecule has 20 heavy (non-hydrogen) atoms. The largest absolute Gasteiger partial charge is 0.389 e. The molecule has 0 radical (unpaired) electrons. The van der Waals surface area contributed by atoms with Gasteiger partial charge in [0.15, 0.2) is 0 Å². The van der Waals surface area contributed by atoms with Crippen molar-refractivity contribution in [2.45, 2.75) is 33.2 Å². The minimum Gasteiger partial charge on any atom is -0.389 e. The Morgan fingerprint density at radius 2 is 1.95 bits per heavy atom. The molecule has 110 valence electrons. The molecule has 0 aromatic heterocycles. The van der Waals surface area contributed by atoms with Gasteiger partial charge < -0.3 is 11.1 Å². The summed E-state index contributed by atoms with van der Waals surface area (Å²) in [4.78, 5) is 14.7. The monoisotopic (exact) mass is 293 g/mol. The molecule has 0 aliphatic heterocycles. The predicted molar refractivity (Wildman–Crippen MR) is 88.0 cm³/mol. The third-order valence-corrected chi connectivity index (χ3v) is 3.52. The van der Waals surface area contributed by atoms with E-state index >= 15 is 0 Å². The summed E-state index contributed by atoms with van der Waals surface area (Å²) in [5, 5.41) is 2.92. The summed E-state index contributed by atoms with van der Waals surface area (Å²) in [6.07, 6.45) is 1.04. The van der Waals surface area contributed by atoms with E-state index in [0.29, 0.717) is 4.99 Å². The van der Waals surface area contributed by atoms with Crippen LogP contribution in [0, 0.1) is 0 Å². The molecule has 1 aromatic carbocycles. The number of thiocarbonyl (C=S) groups is 1. The maximum absolute atomic E-state index is 12.2. The third kappa shape index (κ3) is 4.58. The van der Waals surface area contributed by atoms with Gasteiger partial charge in [0.25, 0.3) is 0 Å². The van der Waals surface area contributed by atoms with Gasteiger partial charge in [-0.2, -0.15) is 0 Å². The number of nitrogens with zero attached hydrogens (tertiary/aromatic N) is 1. The molecule has 1 amide bonds. The molecule has 5 heteroatoms. The fourth-order valence-electron chi connectivity index (χ4n) is 2.04. The van der Waals surface area contributed by atoms with Crippen molar-refractivity contribution in [2.24, 2.45) is 5.73 Å². The lowest BCUT2D eigenvalue weighted by Crippen LogP contribution is -2.42. The van der Waals surface area contributed by atoms with Crippen molar-refractivity contribution in [1.29, 1.82) is 0 Å². The molecule has 0 spiro atoms. The number of nitrogens with two attached hydrogens (primary N) is 1. The molecule has 0 heterocycles. The van der Waals surface area contributed by atoms with Crippen LogP contribution in [0.5, 0.6) is 0 Å². The van der Waals surface area contributed by atoms with Crippen molar-refractivity contribution in [2.75, 3.05) is 18.4 Å². The van der Waals surface area contributed by atoms with Crippen LogP contribution in [0.15, 0.2) is 24.3 Å². The number of rotatable bonds is 7. The number of anilines is 1. The van der Waals surface area contributed by atoms with Crippen molar-refractivity contribution in [3.8, 4) is 0 Å². The standard InChI is InChI=1S/C15H23N3OS/c1-4-10-18(5-2)11(3)15(19)17-13-8-6-12(7-9-13)14(16)20/h6-9,11H,4-5,10H2,1-3H3,(H2,16,20)(H,17,19). The summed E-state index contributed by atoms with van der Waals surface area (Å²) >= 11 is 4.90. The Morgan fingerprint density at radius 3 is 2.40 bits per heavy atom.